The Morgan fingerprint density at radius 3 is 1.88 bits per heavy atom. The van der Waals surface area contributed by atoms with E-state index in [2.05, 4.69) is 167 Å². The van der Waals surface area contributed by atoms with Crippen LogP contribution in [0.1, 0.15) is 0 Å². The molecule has 0 atom stereocenters. The van der Waals surface area contributed by atoms with Gasteiger partial charge in [-0.2, -0.15) is 0 Å². The third-order valence-corrected chi connectivity index (χ3v) is 9.65. The summed E-state index contributed by atoms with van der Waals surface area (Å²) in [5.41, 5.74) is 7.06. The molecule has 0 N–H and O–H groups in total. The van der Waals surface area contributed by atoms with E-state index in [1.54, 1.807) is 0 Å². The normalized spacial score (nSPS) is 11.7. The van der Waals surface area contributed by atoms with Crippen molar-refractivity contribution < 1.29 is 0 Å². The lowest BCUT2D eigenvalue weighted by Gasteiger charge is -2.27. The maximum Gasteiger partial charge on any atom is 0.0562 e. The molecule has 9 aromatic rings. The van der Waals surface area contributed by atoms with Gasteiger partial charge in [0.15, 0.2) is 0 Å². The van der Waals surface area contributed by atoms with Crippen molar-refractivity contribution in [2.24, 2.45) is 0 Å². The lowest BCUT2D eigenvalue weighted by molar-refractivity contribution is 1.18. The van der Waals surface area contributed by atoms with E-state index >= 15 is 0 Å². The van der Waals surface area contributed by atoms with Gasteiger partial charge < -0.3 is 9.47 Å². The zero-order valence-corrected chi connectivity index (χ0v) is 24.1. The highest BCUT2D eigenvalue weighted by atomic mass is 32.1. The van der Waals surface area contributed by atoms with Gasteiger partial charge in [-0.25, -0.2) is 0 Å². The van der Waals surface area contributed by atoms with Gasteiger partial charge in [0.25, 0.3) is 0 Å². The summed E-state index contributed by atoms with van der Waals surface area (Å²) in [6, 6.07) is 57.1. The summed E-state index contributed by atoms with van der Waals surface area (Å²) >= 11 is 1.88. The van der Waals surface area contributed by atoms with E-state index in [0.717, 1.165) is 11.4 Å². The van der Waals surface area contributed by atoms with Crippen molar-refractivity contribution in [1.29, 1.82) is 0 Å². The van der Waals surface area contributed by atoms with E-state index in [0.29, 0.717) is 0 Å². The summed E-state index contributed by atoms with van der Waals surface area (Å²) < 4.78 is 5.00. The van der Waals surface area contributed by atoms with Crippen molar-refractivity contribution in [1.82, 2.24) is 4.57 Å². The van der Waals surface area contributed by atoms with Gasteiger partial charge in [0.1, 0.15) is 0 Å². The van der Waals surface area contributed by atoms with Crippen LogP contribution in [0.3, 0.4) is 0 Å². The van der Waals surface area contributed by atoms with Crippen molar-refractivity contribution >= 4 is 81.1 Å². The molecule has 0 fully saturated rings. The first kappa shape index (κ1) is 24.2. The van der Waals surface area contributed by atoms with Crippen molar-refractivity contribution in [2.75, 3.05) is 4.90 Å². The molecule has 3 heteroatoms. The lowest BCUT2D eigenvalue weighted by Crippen LogP contribution is -2.10. The molecule has 0 amide bonds. The lowest BCUT2D eigenvalue weighted by atomic mass is 10.0. The number of hydrogen-bond donors (Lipinski definition) is 0. The van der Waals surface area contributed by atoms with Crippen LogP contribution in [0.5, 0.6) is 0 Å². The molecule has 0 aliphatic heterocycles. The molecule has 0 spiro atoms. The van der Waals surface area contributed by atoms with Gasteiger partial charge in [0.2, 0.25) is 0 Å². The zero-order chi connectivity index (χ0) is 28.3. The van der Waals surface area contributed by atoms with Crippen LogP contribution in [-0.2, 0) is 0 Å². The summed E-state index contributed by atoms with van der Waals surface area (Å²) in [6.45, 7) is 0. The summed E-state index contributed by atoms with van der Waals surface area (Å²) in [4.78, 5) is 2.47. The van der Waals surface area contributed by atoms with Gasteiger partial charge in [-0.05, 0) is 77.5 Å². The maximum absolute atomic E-state index is 2.47. The highest BCUT2D eigenvalue weighted by Gasteiger charge is 2.23. The van der Waals surface area contributed by atoms with E-state index < -0.39 is 0 Å². The third kappa shape index (κ3) is 3.72. The van der Waals surface area contributed by atoms with Crippen LogP contribution in [-0.4, -0.2) is 4.57 Å². The molecule has 2 aromatic heterocycles. The van der Waals surface area contributed by atoms with Crippen LogP contribution in [0.4, 0.5) is 17.1 Å². The highest BCUT2D eigenvalue weighted by Crippen LogP contribution is 2.48. The molecule has 2 nitrogen and oxygen atoms in total. The van der Waals surface area contributed by atoms with Crippen molar-refractivity contribution in [2.45, 2.75) is 0 Å². The van der Waals surface area contributed by atoms with Crippen molar-refractivity contribution in [3.05, 3.63) is 158 Å². The third-order valence-electron chi connectivity index (χ3n) is 8.53. The van der Waals surface area contributed by atoms with Gasteiger partial charge in [-0.1, -0.05) is 91.0 Å². The largest absolute Gasteiger partial charge is 0.309 e. The second-order valence-electron chi connectivity index (χ2n) is 11.0. The van der Waals surface area contributed by atoms with E-state index in [4.69, 9.17) is 0 Å². The van der Waals surface area contributed by atoms with E-state index in [-0.39, 0.29) is 0 Å². The minimum absolute atomic E-state index is 1.14. The van der Waals surface area contributed by atoms with Gasteiger partial charge in [0, 0.05) is 42.3 Å². The number of thiophene rings is 1. The number of anilines is 3. The van der Waals surface area contributed by atoms with Crippen LogP contribution < -0.4 is 4.90 Å². The van der Waals surface area contributed by atoms with Crippen LogP contribution in [0.2, 0.25) is 0 Å². The number of fused-ring (bicyclic) bond motifs is 7. The molecule has 2 heterocycles. The van der Waals surface area contributed by atoms with Crippen LogP contribution in [0.15, 0.2) is 158 Å². The molecule has 202 valence electrons. The summed E-state index contributed by atoms with van der Waals surface area (Å²) in [5, 5.41) is 7.62. The summed E-state index contributed by atoms with van der Waals surface area (Å²) in [5.74, 6) is 0. The predicted molar refractivity (Wildman–Crippen MR) is 186 cm³/mol. The quantitative estimate of drug-likeness (QED) is 0.206. The Bertz CT molecular complexity index is 2450. The average Bonchev–Trinajstić information content (AvgIpc) is 3.61. The molecule has 0 saturated heterocycles. The number of hydrogen-bond acceptors (Lipinski definition) is 2. The van der Waals surface area contributed by atoms with Crippen molar-refractivity contribution in [3.8, 4) is 5.69 Å². The molecule has 43 heavy (non-hydrogen) atoms. The monoisotopic (exact) mass is 566 g/mol. The number of aromatic nitrogens is 1. The molecule has 0 saturated carbocycles. The van der Waals surface area contributed by atoms with E-state index in [1.165, 1.54) is 64.1 Å². The summed E-state index contributed by atoms with van der Waals surface area (Å²) in [7, 11) is 0. The smallest absolute Gasteiger partial charge is 0.0562 e. The van der Waals surface area contributed by atoms with Gasteiger partial charge in [0.05, 0.1) is 22.4 Å². The van der Waals surface area contributed by atoms with Crippen LogP contribution >= 0.6 is 11.3 Å². The molecule has 0 aliphatic rings. The molecule has 0 unspecified atom stereocenters. The van der Waals surface area contributed by atoms with Crippen LogP contribution in [0.25, 0.3) is 58.4 Å². The fourth-order valence-corrected chi connectivity index (χ4v) is 7.86. The number of rotatable bonds is 4. The Labute approximate surface area is 253 Å². The molecule has 9 rings (SSSR count). The molecule has 7 aromatic carbocycles. The Balaban J connectivity index is 1.41. The zero-order valence-electron chi connectivity index (χ0n) is 23.3. The molecular formula is C40H26N2S. The first-order chi connectivity index (χ1) is 21.3. The Kier molecular flexibility index (Phi) is 5.40. The Morgan fingerprint density at radius 2 is 1.07 bits per heavy atom. The second-order valence-corrected chi connectivity index (χ2v) is 12.1. The first-order valence-electron chi connectivity index (χ1n) is 14.6. The highest BCUT2D eigenvalue weighted by molar-refractivity contribution is 7.26. The van der Waals surface area contributed by atoms with Gasteiger partial charge in [-0.3, -0.25) is 0 Å². The van der Waals surface area contributed by atoms with Gasteiger partial charge >= 0.3 is 0 Å². The predicted octanol–water partition coefficient (Wildman–Crippen LogP) is 11.8. The first-order valence-corrected chi connectivity index (χ1v) is 15.4. The SMILES string of the molecule is c1ccc(N(c2cccc3sc4cc5ccccc5cc4c23)c2cccc3c2c2ccccc2n3-c2ccccc2)cc1. The fourth-order valence-electron chi connectivity index (χ4n) is 6.71. The number of para-hydroxylation sites is 3. The standard InChI is InChI=1S/C40H26N2S/c1-3-15-29(16-4-1)41-33-20-10-9-19-31(33)39-34(41)21-11-22-35(39)42(30-17-5-2-6-18-30)36-23-12-24-37-40(36)32-25-27-13-7-8-14-28(27)26-38(32)43-37/h1-26H. The second kappa shape index (κ2) is 9.59. The molecule has 0 radical (unpaired) electrons. The van der Waals surface area contributed by atoms with Crippen molar-refractivity contribution in [3.63, 3.8) is 0 Å². The molecular weight excluding hydrogens is 541 g/mol. The van der Waals surface area contributed by atoms with E-state index in [1.807, 2.05) is 11.3 Å². The minimum atomic E-state index is 1.14. The van der Waals surface area contributed by atoms with E-state index in [9.17, 15) is 0 Å². The Morgan fingerprint density at radius 1 is 0.442 bits per heavy atom. The number of nitrogens with zero attached hydrogens (tertiary/aromatic N) is 2. The maximum atomic E-state index is 2.47. The molecule has 0 bridgehead atoms. The molecule has 0 aliphatic carbocycles. The topological polar surface area (TPSA) is 8.17 Å². The van der Waals surface area contributed by atoms with Gasteiger partial charge in [-0.15, -0.1) is 11.3 Å². The Hall–Kier alpha value is -5.38. The average molecular weight is 567 g/mol. The summed E-state index contributed by atoms with van der Waals surface area (Å²) in [6.07, 6.45) is 0. The van der Waals surface area contributed by atoms with Crippen LogP contribution in [0, 0.1) is 0 Å². The fraction of sp³-hybridized carbons (Fsp3) is 0. The number of benzene rings is 7. The minimum Gasteiger partial charge on any atom is -0.309 e.